The molecule has 1 saturated heterocycles. The highest BCUT2D eigenvalue weighted by Crippen LogP contribution is 2.17. The lowest BCUT2D eigenvalue weighted by Gasteiger charge is -2.34. The normalized spacial score (nSPS) is 14.9. The van der Waals surface area contributed by atoms with E-state index in [1.54, 1.807) is 34.4 Å². The second-order valence-corrected chi connectivity index (χ2v) is 7.00. The Bertz CT molecular complexity index is 895. The molecule has 1 fully saturated rings. The van der Waals surface area contributed by atoms with E-state index in [4.69, 9.17) is 4.42 Å². The molecule has 6 nitrogen and oxygen atoms in total. The van der Waals surface area contributed by atoms with Gasteiger partial charge in [0.15, 0.2) is 12.0 Å². The number of carbonyl (C=O) groups is 2. The van der Waals surface area contributed by atoms with Gasteiger partial charge in [-0.05, 0) is 29.6 Å². The Kier molecular flexibility index (Phi) is 4.23. The molecule has 3 heterocycles. The third-order valence-corrected chi connectivity index (χ3v) is 5.28. The van der Waals surface area contributed by atoms with Crippen LogP contribution in [0.5, 0.6) is 0 Å². The van der Waals surface area contributed by atoms with Gasteiger partial charge in [-0.3, -0.25) is 9.59 Å². The van der Waals surface area contributed by atoms with Crippen LogP contribution in [0.3, 0.4) is 0 Å². The summed E-state index contributed by atoms with van der Waals surface area (Å²) in [7, 11) is 0. The molecule has 1 aliphatic rings. The van der Waals surface area contributed by atoms with Gasteiger partial charge in [0, 0.05) is 36.6 Å². The average molecular weight is 355 g/mol. The van der Waals surface area contributed by atoms with Crippen molar-refractivity contribution in [2.75, 3.05) is 26.2 Å². The number of rotatable bonds is 3. The first kappa shape index (κ1) is 15.8. The third-order valence-electron chi connectivity index (χ3n) is 4.40. The predicted molar refractivity (Wildman–Crippen MR) is 94.5 cm³/mol. The van der Waals surface area contributed by atoms with Crippen LogP contribution in [0.15, 0.2) is 46.5 Å². The zero-order chi connectivity index (χ0) is 17.2. The molecule has 0 atom stereocenters. The van der Waals surface area contributed by atoms with Gasteiger partial charge in [0.25, 0.3) is 5.91 Å². The number of benzene rings is 1. The summed E-state index contributed by atoms with van der Waals surface area (Å²) in [6.07, 6.45) is 1.81. The first-order chi connectivity index (χ1) is 12.2. The summed E-state index contributed by atoms with van der Waals surface area (Å²) in [5.74, 6) is 0.0915. The van der Waals surface area contributed by atoms with Crippen LogP contribution >= 0.6 is 11.3 Å². The average Bonchev–Trinajstić information content (AvgIpc) is 3.32. The Hall–Kier alpha value is -2.67. The van der Waals surface area contributed by atoms with Gasteiger partial charge in [-0.15, -0.1) is 11.3 Å². The number of nitrogens with zero attached hydrogens (tertiary/aromatic N) is 3. The molecule has 2 aromatic heterocycles. The van der Waals surface area contributed by atoms with Gasteiger partial charge in [-0.1, -0.05) is 6.07 Å². The van der Waals surface area contributed by atoms with E-state index in [2.05, 4.69) is 4.98 Å². The minimum atomic E-state index is -0.0322. The summed E-state index contributed by atoms with van der Waals surface area (Å²) >= 11 is 1.59. The number of hydrogen-bond acceptors (Lipinski definition) is 5. The highest BCUT2D eigenvalue weighted by molar-refractivity contribution is 7.10. The second-order valence-electron chi connectivity index (χ2n) is 5.96. The minimum absolute atomic E-state index is 0.0322. The lowest BCUT2D eigenvalue weighted by atomic mass is 10.1. The van der Waals surface area contributed by atoms with Crippen molar-refractivity contribution in [2.24, 2.45) is 0 Å². The maximum absolute atomic E-state index is 12.7. The molecule has 0 N–H and O–H groups in total. The van der Waals surface area contributed by atoms with Gasteiger partial charge in [0.05, 0.1) is 6.42 Å². The van der Waals surface area contributed by atoms with E-state index in [1.807, 2.05) is 22.4 Å². The number of piperazine rings is 1. The zero-order valence-electron chi connectivity index (χ0n) is 13.6. The van der Waals surface area contributed by atoms with E-state index in [9.17, 15) is 9.59 Å². The minimum Gasteiger partial charge on any atom is -0.443 e. The van der Waals surface area contributed by atoms with Crippen molar-refractivity contribution in [3.63, 3.8) is 0 Å². The standard InChI is InChI=1S/C18H17N3O3S/c22-17(11-14-2-1-9-25-14)20-5-7-21(8-6-20)18(23)13-3-4-16-15(10-13)19-12-24-16/h1-4,9-10,12H,5-8,11H2. The quantitative estimate of drug-likeness (QED) is 0.724. The zero-order valence-corrected chi connectivity index (χ0v) is 14.4. The highest BCUT2D eigenvalue weighted by Gasteiger charge is 2.25. The fraction of sp³-hybridized carbons (Fsp3) is 0.278. The largest absolute Gasteiger partial charge is 0.443 e. The Labute approximate surface area is 148 Å². The molecule has 0 unspecified atom stereocenters. The lowest BCUT2D eigenvalue weighted by molar-refractivity contribution is -0.131. The van der Waals surface area contributed by atoms with Crippen molar-refractivity contribution in [1.29, 1.82) is 0 Å². The van der Waals surface area contributed by atoms with Crippen LogP contribution < -0.4 is 0 Å². The third kappa shape index (κ3) is 3.28. The maximum atomic E-state index is 12.7. The van der Waals surface area contributed by atoms with Crippen LogP contribution in [-0.4, -0.2) is 52.8 Å². The molecule has 1 aliphatic heterocycles. The number of thiophene rings is 1. The summed E-state index contributed by atoms with van der Waals surface area (Å²) in [5.41, 5.74) is 1.94. The van der Waals surface area contributed by atoms with Crippen LogP contribution in [0, 0.1) is 0 Å². The van der Waals surface area contributed by atoms with Crippen LogP contribution in [0.25, 0.3) is 11.1 Å². The second kappa shape index (κ2) is 6.68. The number of carbonyl (C=O) groups excluding carboxylic acids is 2. The van der Waals surface area contributed by atoms with Gasteiger partial charge < -0.3 is 14.2 Å². The topological polar surface area (TPSA) is 66.7 Å². The summed E-state index contributed by atoms with van der Waals surface area (Å²) in [6.45, 7) is 2.24. The molecule has 4 rings (SSSR count). The van der Waals surface area contributed by atoms with Gasteiger partial charge in [-0.25, -0.2) is 4.98 Å². The molecule has 7 heteroatoms. The lowest BCUT2D eigenvalue weighted by Crippen LogP contribution is -2.50. The Balaban J connectivity index is 1.37. The molecular formula is C18H17N3O3S. The Morgan fingerprint density at radius 3 is 2.68 bits per heavy atom. The summed E-state index contributed by atoms with van der Waals surface area (Å²) in [5, 5.41) is 1.98. The molecule has 128 valence electrons. The maximum Gasteiger partial charge on any atom is 0.254 e. The van der Waals surface area contributed by atoms with E-state index in [-0.39, 0.29) is 11.8 Å². The number of hydrogen-bond donors (Lipinski definition) is 0. The number of fused-ring (bicyclic) bond motifs is 1. The first-order valence-corrected chi connectivity index (χ1v) is 9.01. The van der Waals surface area contributed by atoms with Crippen LogP contribution in [0.1, 0.15) is 15.2 Å². The van der Waals surface area contributed by atoms with E-state index >= 15 is 0 Å². The summed E-state index contributed by atoms with van der Waals surface area (Å²) in [4.78, 5) is 33.8. The van der Waals surface area contributed by atoms with Crippen LogP contribution in [0.4, 0.5) is 0 Å². The van der Waals surface area contributed by atoms with Gasteiger partial charge in [-0.2, -0.15) is 0 Å². The number of aromatic nitrogens is 1. The monoisotopic (exact) mass is 355 g/mol. The first-order valence-electron chi connectivity index (χ1n) is 8.13. The molecular weight excluding hydrogens is 338 g/mol. The van der Waals surface area contributed by atoms with Crippen molar-refractivity contribution in [3.05, 3.63) is 52.5 Å². The highest BCUT2D eigenvalue weighted by atomic mass is 32.1. The molecule has 0 saturated carbocycles. The van der Waals surface area contributed by atoms with Crippen molar-refractivity contribution in [3.8, 4) is 0 Å². The van der Waals surface area contributed by atoms with Crippen LogP contribution in [-0.2, 0) is 11.2 Å². The van der Waals surface area contributed by atoms with Gasteiger partial charge in [0.2, 0.25) is 5.91 Å². The molecule has 25 heavy (non-hydrogen) atoms. The number of amides is 2. The SMILES string of the molecule is O=C(Cc1cccs1)N1CCN(C(=O)c2ccc3ocnc3c2)CC1. The fourth-order valence-corrected chi connectivity index (χ4v) is 3.70. The smallest absolute Gasteiger partial charge is 0.254 e. The fourth-order valence-electron chi connectivity index (χ4n) is 3.01. The molecule has 1 aromatic carbocycles. The van der Waals surface area contributed by atoms with E-state index in [1.165, 1.54) is 6.39 Å². The molecule has 0 aliphatic carbocycles. The van der Waals surface area contributed by atoms with Crippen molar-refractivity contribution >= 4 is 34.3 Å². The van der Waals surface area contributed by atoms with Crippen molar-refractivity contribution < 1.29 is 14.0 Å². The van der Waals surface area contributed by atoms with E-state index in [0.717, 1.165) is 4.88 Å². The molecule has 0 spiro atoms. The molecule has 2 amide bonds. The van der Waals surface area contributed by atoms with Gasteiger partial charge in [0.1, 0.15) is 5.52 Å². The number of oxazole rings is 1. The summed E-state index contributed by atoms with van der Waals surface area (Å²) in [6, 6.07) is 9.19. The molecule has 3 aromatic rings. The Morgan fingerprint density at radius 1 is 1.12 bits per heavy atom. The summed E-state index contributed by atoms with van der Waals surface area (Å²) < 4.78 is 5.20. The van der Waals surface area contributed by atoms with Gasteiger partial charge >= 0.3 is 0 Å². The molecule has 0 bridgehead atoms. The van der Waals surface area contributed by atoms with Crippen molar-refractivity contribution in [1.82, 2.24) is 14.8 Å². The van der Waals surface area contributed by atoms with E-state index in [0.29, 0.717) is 49.3 Å². The van der Waals surface area contributed by atoms with Crippen molar-refractivity contribution in [2.45, 2.75) is 6.42 Å². The Morgan fingerprint density at radius 2 is 1.92 bits per heavy atom. The van der Waals surface area contributed by atoms with E-state index < -0.39 is 0 Å². The predicted octanol–water partition coefficient (Wildman–Crippen LogP) is 2.42. The van der Waals surface area contributed by atoms with Crippen LogP contribution in [0.2, 0.25) is 0 Å². The molecule has 0 radical (unpaired) electrons.